The lowest BCUT2D eigenvalue weighted by Gasteiger charge is -1.95. The third-order valence-electron chi connectivity index (χ3n) is 1.08. The van der Waals surface area contributed by atoms with Gasteiger partial charge in [0.2, 0.25) is 0 Å². The van der Waals surface area contributed by atoms with Crippen LogP contribution < -0.4 is 5.32 Å². The lowest BCUT2D eigenvalue weighted by atomic mass is 10.3. The largest absolute Gasteiger partial charge is 0.354 e. The number of nitrogens with one attached hydrogen (secondary N) is 1. The van der Waals surface area contributed by atoms with Crippen LogP contribution >= 0.6 is 0 Å². The Morgan fingerprint density at radius 3 is 2.64 bits per heavy atom. The van der Waals surface area contributed by atoms with Gasteiger partial charge < -0.3 is 5.32 Å². The fourth-order valence-corrected chi connectivity index (χ4v) is 0.516. The average Bonchev–Trinajstić information content (AvgIpc) is 2.05. The molecule has 0 unspecified atom stereocenters. The highest BCUT2D eigenvalue weighted by molar-refractivity contribution is 5.93. The molecule has 1 amide bonds. The van der Waals surface area contributed by atoms with Crippen molar-refractivity contribution in [2.45, 2.75) is 6.92 Å². The van der Waals surface area contributed by atoms with Crippen LogP contribution in [-0.4, -0.2) is 19.7 Å². The minimum atomic E-state index is -0.224. The van der Waals surface area contributed by atoms with Crippen LogP contribution in [0.3, 0.4) is 0 Å². The van der Waals surface area contributed by atoms with Crippen molar-refractivity contribution in [1.29, 1.82) is 0 Å². The molecule has 0 aromatic carbocycles. The number of rotatable bonds is 3. The van der Waals surface area contributed by atoms with Gasteiger partial charge in [0.1, 0.15) is 5.70 Å². The van der Waals surface area contributed by atoms with E-state index >= 15 is 0 Å². The van der Waals surface area contributed by atoms with Gasteiger partial charge in [-0.05, 0) is 19.7 Å². The molecule has 0 aliphatic heterocycles. The number of likely N-dealkylation sites (N-methyl/N-ethyl adjacent to an activating group) is 1. The van der Waals surface area contributed by atoms with Crippen LogP contribution in [0.4, 0.5) is 0 Å². The van der Waals surface area contributed by atoms with Crippen molar-refractivity contribution in [3.05, 3.63) is 23.9 Å². The van der Waals surface area contributed by atoms with E-state index in [9.17, 15) is 4.79 Å². The Hall–Kier alpha value is -1.38. The zero-order chi connectivity index (χ0) is 8.69. The molecule has 0 aliphatic carbocycles. The molecule has 0 heterocycles. The maximum absolute atomic E-state index is 10.9. The predicted octanol–water partition coefficient (Wildman–Crippen LogP) is 0.893. The molecular weight excluding hydrogens is 140 g/mol. The van der Waals surface area contributed by atoms with Crippen molar-refractivity contribution in [1.82, 2.24) is 5.32 Å². The molecule has 0 aromatic heterocycles. The van der Waals surface area contributed by atoms with Gasteiger partial charge in [-0.25, -0.2) is 0 Å². The van der Waals surface area contributed by atoms with E-state index < -0.39 is 0 Å². The fraction of sp³-hybridized carbons (Fsp3) is 0.250. The summed E-state index contributed by atoms with van der Waals surface area (Å²) in [7, 11) is 1.55. The number of carbonyl (C=O) groups excluding carboxylic acids is 1. The molecule has 0 atom stereocenters. The summed E-state index contributed by atoms with van der Waals surface area (Å²) in [6.45, 7) is 5.13. The van der Waals surface area contributed by atoms with E-state index in [4.69, 9.17) is 0 Å². The summed E-state index contributed by atoms with van der Waals surface area (Å²) < 4.78 is 0. The molecule has 0 aliphatic rings. The van der Waals surface area contributed by atoms with Crippen LogP contribution in [0.5, 0.6) is 0 Å². The normalized spacial score (nSPS) is 11.6. The van der Waals surface area contributed by atoms with E-state index in [1.165, 1.54) is 0 Å². The Labute approximate surface area is 66.5 Å². The third-order valence-corrected chi connectivity index (χ3v) is 1.08. The highest BCUT2D eigenvalue weighted by Gasteiger charge is 2.00. The summed E-state index contributed by atoms with van der Waals surface area (Å²) in [5, 5.41) is 2.45. The highest BCUT2D eigenvalue weighted by atomic mass is 16.1. The molecule has 0 bridgehead atoms. The molecular formula is C8H12N2O. The molecule has 3 heteroatoms. The van der Waals surface area contributed by atoms with Gasteiger partial charge in [-0.15, -0.1) is 0 Å². The molecule has 11 heavy (non-hydrogen) atoms. The number of allylic oxidation sites excluding steroid dienone is 3. The smallest absolute Gasteiger partial charge is 0.269 e. The monoisotopic (exact) mass is 152 g/mol. The summed E-state index contributed by atoms with van der Waals surface area (Å²) >= 11 is 0. The quantitative estimate of drug-likeness (QED) is 0.364. The number of hydrogen-bond acceptors (Lipinski definition) is 2. The Morgan fingerprint density at radius 2 is 2.27 bits per heavy atom. The number of nitrogens with zero attached hydrogens (tertiary/aromatic N) is 1. The van der Waals surface area contributed by atoms with Gasteiger partial charge in [-0.1, -0.05) is 12.2 Å². The molecule has 0 saturated carbocycles. The summed E-state index contributed by atoms with van der Waals surface area (Å²) in [4.78, 5) is 14.4. The Bertz CT molecular complexity index is 204. The van der Waals surface area contributed by atoms with E-state index in [1.54, 1.807) is 19.2 Å². The predicted molar refractivity (Wildman–Crippen MR) is 46.5 cm³/mol. The van der Waals surface area contributed by atoms with Crippen LogP contribution in [0.1, 0.15) is 6.92 Å². The molecule has 0 fully saturated rings. The topological polar surface area (TPSA) is 41.5 Å². The minimum Gasteiger partial charge on any atom is -0.354 e. The second-order valence-electron chi connectivity index (χ2n) is 1.81. The van der Waals surface area contributed by atoms with Crippen molar-refractivity contribution < 1.29 is 4.79 Å². The molecule has 0 saturated heterocycles. The van der Waals surface area contributed by atoms with Crippen molar-refractivity contribution >= 4 is 12.6 Å². The van der Waals surface area contributed by atoms with Gasteiger partial charge in [0.15, 0.2) is 0 Å². The van der Waals surface area contributed by atoms with Gasteiger partial charge in [-0.3, -0.25) is 9.79 Å². The zero-order valence-corrected chi connectivity index (χ0v) is 6.79. The van der Waals surface area contributed by atoms with Crippen LogP contribution in [0.25, 0.3) is 0 Å². The van der Waals surface area contributed by atoms with Crippen LogP contribution in [0.2, 0.25) is 0 Å². The van der Waals surface area contributed by atoms with E-state index in [1.807, 2.05) is 13.0 Å². The standard InChI is InChI=1S/C8H12N2O/c1-4-5-6-7(9-2)8(11)10-3/h4-6H,2H2,1,3H3,(H,10,11)/b5-4-,7-6-. The fourth-order valence-electron chi connectivity index (χ4n) is 0.516. The SMILES string of the molecule is C=N/C(=C\C=C/C)C(=O)NC. The average molecular weight is 152 g/mol. The van der Waals surface area contributed by atoms with Crippen LogP contribution in [0.15, 0.2) is 28.9 Å². The molecule has 3 nitrogen and oxygen atoms in total. The van der Waals surface area contributed by atoms with Gasteiger partial charge in [0.05, 0.1) is 0 Å². The van der Waals surface area contributed by atoms with Gasteiger partial charge >= 0.3 is 0 Å². The maximum atomic E-state index is 10.9. The van der Waals surface area contributed by atoms with Gasteiger partial charge in [0, 0.05) is 7.05 Å². The summed E-state index contributed by atoms with van der Waals surface area (Å²) in [6, 6.07) is 0. The molecule has 0 rings (SSSR count). The number of aliphatic imine (C=N–C) groups is 1. The van der Waals surface area contributed by atoms with E-state index in [0.717, 1.165) is 0 Å². The van der Waals surface area contributed by atoms with E-state index in [-0.39, 0.29) is 5.91 Å². The van der Waals surface area contributed by atoms with E-state index in [2.05, 4.69) is 17.0 Å². The van der Waals surface area contributed by atoms with Crippen LogP contribution in [-0.2, 0) is 4.79 Å². The van der Waals surface area contributed by atoms with E-state index in [0.29, 0.717) is 5.70 Å². The maximum Gasteiger partial charge on any atom is 0.269 e. The van der Waals surface area contributed by atoms with Crippen LogP contribution in [0, 0.1) is 0 Å². The molecule has 1 N–H and O–H groups in total. The highest BCUT2D eigenvalue weighted by Crippen LogP contribution is 1.94. The second kappa shape index (κ2) is 5.41. The number of hydrogen-bond donors (Lipinski definition) is 1. The molecule has 0 aromatic rings. The first-order chi connectivity index (χ1) is 5.26. The van der Waals surface area contributed by atoms with Crippen molar-refractivity contribution in [2.75, 3.05) is 7.05 Å². The van der Waals surface area contributed by atoms with Gasteiger partial charge in [-0.2, -0.15) is 0 Å². The first-order valence-electron chi connectivity index (χ1n) is 3.28. The summed E-state index contributed by atoms with van der Waals surface area (Å²) in [5.41, 5.74) is 0.325. The second-order valence-corrected chi connectivity index (χ2v) is 1.81. The Morgan fingerprint density at radius 1 is 1.64 bits per heavy atom. The molecule has 0 spiro atoms. The van der Waals surface area contributed by atoms with Crippen molar-refractivity contribution in [3.8, 4) is 0 Å². The zero-order valence-electron chi connectivity index (χ0n) is 6.79. The Balaban J connectivity index is 4.38. The minimum absolute atomic E-state index is 0.224. The summed E-state index contributed by atoms with van der Waals surface area (Å²) in [5.74, 6) is -0.224. The number of carbonyl (C=O) groups is 1. The Kier molecular flexibility index (Phi) is 4.73. The lowest BCUT2D eigenvalue weighted by Crippen LogP contribution is -2.18. The molecule has 0 radical (unpaired) electrons. The van der Waals surface area contributed by atoms with Crippen molar-refractivity contribution in [3.63, 3.8) is 0 Å². The number of amides is 1. The first kappa shape index (κ1) is 9.62. The lowest BCUT2D eigenvalue weighted by molar-refractivity contribution is -0.117. The summed E-state index contributed by atoms with van der Waals surface area (Å²) in [6.07, 6.45) is 5.15. The van der Waals surface area contributed by atoms with Crippen molar-refractivity contribution in [2.24, 2.45) is 4.99 Å². The first-order valence-corrected chi connectivity index (χ1v) is 3.28. The van der Waals surface area contributed by atoms with Gasteiger partial charge in [0.25, 0.3) is 5.91 Å². The molecule has 60 valence electrons. The third kappa shape index (κ3) is 3.35.